The molecule has 1 aromatic carbocycles. The molecule has 0 radical (unpaired) electrons. The SMILES string of the molecule is COc1ccc(Cl)cc1NC1CCCNC(=O)C1. The second kappa shape index (κ2) is 5.96. The van der Waals surface area contributed by atoms with E-state index in [9.17, 15) is 4.79 Å². The number of benzene rings is 1. The van der Waals surface area contributed by atoms with Crippen molar-refractivity contribution < 1.29 is 9.53 Å². The van der Waals surface area contributed by atoms with Crippen LogP contribution in [-0.2, 0) is 4.79 Å². The fourth-order valence-corrected chi connectivity index (χ4v) is 2.28. The van der Waals surface area contributed by atoms with Crippen LogP contribution in [0.5, 0.6) is 5.75 Å². The topological polar surface area (TPSA) is 50.4 Å². The number of hydrogen-bond donors (Lipinski definition) is 2. The van der Waals surface area contributed by atoms with Gasteiger partial charge in [0.15, 0.2) is 0 Å². The number of carbonyl (C=O) groups is 1. The molecule has 2 rings (SSSR count). The molecule has 0 saturated carbocycles. The molecule has 1 aromatic rings. The second-order valence-electron chi connectivity index (χ2n) is 4.38. The molecule has 1 aliphatic rings. The molecule has 0 aromatic heterocycles. The Kier molecular flexibility index (Phi) is 4.31. The number of methoxy groups -OCH3 is 1. The third kappa shape index (κ3) is 3.29. The predicted octanol–water partition coefficient (Wildman–Crippen LogP) is 2.43. The maximum absolute atomic E-state index is 11.5. The molecule has 1 fully saturated rings. The Morgan fingerprint density at radius 3 is 3.11 bits per heavy atom. The van der Waals surface area contributed by atoms with Crippen molar-refractivity contribution in [2.75, 3.05) is 19.0 Å². The normalized spacial score (nSPS) is 19.9. The number of amides is 1. The molecular weight excluding hydrogens is 252 g/mol. The molecule has 2 N–H and O–H groups in total. The van der Waals surface area contributed by atoms with Crippen molar-refractivity contribution in [1.82, 2.24) is 5.32 Å². The van der Waals surface area contributed by atoms with Crippen molar-refractivity contribution in [1.29, 1.82) is 0 Å². The van der Waals surface area contributed by atoms with Crippen molar-refractivity contribution in [2.45, 2.75) is 25.3 Å². The van der Waals surface area contributed by atoms with Gasteiger partial charge in [0.05, 0.1) is 12.8 Å². The van der Waals surface area contributed by atoms with E-state index in [4.69, 9.17) is 16.3 Å². The maximum atomic E-state index is 11.5. The van der Waals surface area contributed by atoms with E-state index < -0.39 is 0 Å². The minimum absolute atomic E-state index is 0.0889. The highest BCUT2D eigenvalue weighted by Gasteiger charge is 2.18. The molecule has 0 spiro atoms. The van der Waals surface area contributed by atoms with Crippen LogP contribution in [0.15, 0.2) is 18.2 Å². The Morgan fingerprint density at radius 1 is 1.50 bits per heavy atom. The van der Waals surface area contributed by atoms with E-state index in [0.29, 0.717) is 11.4 Å². The van der Waals surface area contributed by atoms with Gasteiger partial charge in [-0.15, -0.1) is 0 Å². The van der Waals surface area contributed by atoms with Crippen LogP contribution in [0.1, 0.15) is 19.3 Å². The van der Waals surface area contributed by atoms with Gasteiger partial charge >= 0.3 is 0 Å². The Labute approximate surface area is 112 Å². The minimum Gasteiger partial charge on any atom is -0.495 e. The summed E-state index contributed by atoms with van der Waals surface area (Å²) in [6.07, 6.45) is 2.41. The van der Waals surface area contributed by atoms with E-state index in [1.807, 2.05) is 12.1 Å². The van der Waals surface area contributed by atoms with E-state index in [2.05, 4.69) is 10.6 Å². The lowest BCUT2D eigenvalue weighted by Gasteiger charge is -2.18. The van der Waals surface area contributed by atoms with Crippen LogP contribution < -0.4 is 15.4 Å². The summed E-state index contributed by atoms with van der Waals surface area (Å²) in [6, 6.07) is 5.55. The largest absolute Gasteiger partial charge is 0.495 e. The molecular formula is C13H17ClN2O2. The van der Waals surface area contributed by atoms with Crippen LogP contribution in [0.3, 0.4) is 0 Å². The number of ether oxygens (including phenoxy) is 1. The lowest BCUT2D eigenvalue weighted by molar-refractivity contribution is -0.120. The van der Waals surface area contributed by atoms with Gasteiger partial charge in [0.2, 0.25) is 5.91 Å². The highest BCUT2D eigenvalue weighted by atomic mass is 35.5. The lowest BCUT2D eigenvalue weighted by atomic mass is 10.1. The molecule has 0 bridgehead atoms. The number of halogens is 1. The highest BCUT2D eigenvalue weighted by molar-refractivity contribution is 6.30. The molecule has 1 amide bonds. The molecule has 0 aliphatic carbocycles. The van der Waals surface area contributed by atoms with Crippen molar-refractivity contribution in [3.8, 4) is 5.75 Å². The van der Waals surface area contributed by atoms with Gasteiger partial charge in [-0.2, -0.15) is 0 Å². The van der Waals surface area contributed by atoms with Crippen molar-refractivity contribution in [3.63, 3.8) is 0 Å². The summed E-state index contributed by atoms with van der Waals surface area (Å²) in [5.41, 5.74) is 0.838. The number of hydrogen-bond acceptors (Lipinski definition) is 3. The van der Waals surface area contributed by atoms with Crippen LogP contribution in [0.2, 0.25) is 5.02 Å². The molecule has 98 valence electrons. The third-order valence-corrected chi connectivity index (χ3v) is 3.24. The first-order chi connectivity index (χ1) is 8.69. The van der Waals surface area contributed by atoms with E-state index in [0.717, 1.165) is 30.8 Å². The van der Waals surface area contributed by atoms with Gasteiger partial charge in [-0.3, -0.25) is 4.79 Å². The predicted molar refractivity (Wildman–Crippen MR) is 72.3 cm³/mol. The Bertz CT molecular complexity index is 437. The van der Waals surface area contributed by atoms with Crippen LogP contribution in [0.25, 0.3) is 0 Å². The summed E-state index contributed by atoms with van der Waals surface area (Å²) < 4.78 is 5.28. The summed E-state index contributed by atoms with van der Waals surface area (Å²) in [4.78, 5) is 11.5. The monoisotopic (exact) mass is 268 g/mol. The van der Waals surface area contributed by atoms with Crippen LogP contribution in [0, 0.1) is 0 Å². The van der Waals surface area contributed by atoms with Gasteiger partial charge in [-0.25, -0.2) is 0 Å². The average Bonchev–Trinajstić information content (AvgIpc) is 2.54. The van der Waals surface area contributed by atoms with Crippen molar-refractivity contribution in [2.24, 2.45) is 0 Å². The van der Waals surface area contributed by atoms with Crippen LogP contribution >= 0.6 is 11.6 Å². The maximum Gasteiger partial charge on any atom is 0.222 e. The van der Waals surface area contributed by atoms with Gasteiger partial charge in [-0.05, 0) is 31.0 Å². The zero-order chi connectivity index (χ0) is 13.0. The van der Waals surface area contributed by atoms with Crippen LogP contribution in [-0.4, -0.2) is 25.6 Å². The van der Waals surface area contributed by atoms with Gasteiger partial charge in [0.1, 0.15) is 5.75 Å². The smallest absolute Gasteiger partial charge is 0.222 e. The zero-order valence-electron chi connectivity index (χ0n) is 10.3. The molecule has 5 heteroatoms. The number of nitrogens with one attached hydrogen (secondary N) is 2. The molecule has 1 atom stereocenters. The molecule has 1 aliphatic heterocycles. The van der Waals surface area contributed by atoms with Crippen molar-refractivity contribution in [3.05, 3.63) is 23.2 Å². The number of anilines is 1. The third-order valence-electron chi connectivity index (χ3n) is 3.00. The summed E-state index contributed by atoms with van der Waals surface area (Å²) in [5, 5.41) is 6.85. The first kappa shape index (κ1) is 13.0. The van der Waals surface area contributed by atoms with Crippen LogP contribution in [0.4, 0.5) is 5.69 Å². The standard InChI is InChI=1S/C13H17ClN2O2/c1-18-12-5-4-9(14)7-11(12)16-10-3-2-6-15-13(17)8-10/h4-5,7,10,16H,2-3,6,8H2,1H3,(H,15,17). The quantitative estimate of drug-likeness (QED) is 0.885. The molecule has 1 saturated heterocycles. The van der Waals surface area contributed by atoms with E-state index in [1.165, 1.54) is 0 Å². The molecule has 1 heterocycles. The average molecular weight is 269 g/mol. The first-order valence-corrected chi connectivity index (χ1v) is 6.43. The summed E-state index contributed by atoms with van der Waals surface area (Å²) >= 11 is 5.98. The Balaban J connectivity index is 2.12. The van der Waals surface area contributed by atoms with E-state index in [-0.39, 0.29) is 11.9 Å². The zero-order valence-corrected chi connectivity index (χ0v) is 11.1. The minimum atomic E-state index is 0.0889. The van der Waals surface area contributed by atoms with E-state index in [1.54, 1.807) is 13.2 Å². The highest BCUT2D eigenvalue weighted by Crippen LogP contribution is 2.29. The Hall–Kier alpha value is -1.42. The van der Waals surface area contributed by atoms with Gasteiger partial charge in [0, 0.05) is 24.0 Å². The number of rotatable bonds is 3. The van der Waals surface area contributed by atoms with E-state index >= 15 is 0 Å². The second-order valence-corrected chi connectivity index (χ2v) is 4.82. The molecule has 4 nitrogen and oxygen atoms in total. The Morgan fingerprint density at radius 2 is 2.33 bits per heavy atom. The molecule has 18 heavy (non-hydrogen) atoms. The fraction of sp³-hybridized carbons (Fsp3) is 0.462. The van der Waals surface area contributed by atoms with Gasteiger partial charge in [-0.1, -0.05) is 11.6 Å². The number of carbonyl (C=O) groups excluding carboxylic acids is 1. The summed E-state index contributed by atoms with van der Waals surface area (Å²) in [5.74, 6) is 0.829. The fourth-order valence-electron chi connectivity index (χ4n) is 2.11. The first-order valence-electron chi connectivity index (χ1n) is 6.06. The summed E-state index contributed by atoms with van der Waals surface area (Å²) in [6.45, 7) is 0.754. The van der Waals surface area contributed by atoms with Crippen molar-refractivity contribution >= 4 is 23.2 Å². The van der Waals surface area contributed by atoms with Gasteiger partial charge < -0.3 is 15.4 Å². The lowest BCUT2D eigenvalue weighted by Crippen LogP contribution is -2.26. The van der Waals surface area contributed by atoms with Gasteiger partial charge in [0.25, 0.3) is 0 Å². The summed E-state index contributed by atoms with van der Waals surface area (Å²) in [7, 11) is 1.62. The molecule has 1 unspecified atom stereocenters.